The normalized spacial score (nSPS) is 13.8. The number of carbonyl (C=O) groups is 2. The lowest BCUT2D eigenvalue weighted by molar-refractivity contribution is -0.142. The number of nitrogens with one attached hydrogen (secondary N) is 1. The third-order valence-electron chi connectivity index (χ3n) is 2.44. The van der Waals surface area contributed by atoms with Crippen LogP contribution in [0, 0.1) is 0 Å². The molecule has 5 nitrogen and oxygen atoms in total. The average Bonchev–Trinajstić information content (AvgIpc) is 2.33. The molecule has 0 aliphatic heterocycles. The second-order valence-electron chi connectivity index (χ2n) is 4.23. The summed E-state index contributed by atoms with van der Waals surface area (Å²) in [5.74, 6) is 0.706. The van der Waals surface area contributed by atoms with E-state index in [9.17, 15) is 9.59 Å². The van der Waals surface area contributed by atoms with Gasteiger partial charge in [0.25, 0.3) is 0 Å². The maximum Gasteiger partial charge on any atom is 0.322 e. The van der Waals surface area contributed by atoms with Crippen molar-refractivity contribution < 1.29 is 14.3 Å². The zero-order valence-electron chi connectivity index (χ0n) is 11.4. The third-order valence-corrected chi connectivity index (χ3v) is 3.43. The van der Waals surface area contributed by atoms with Crippen molar-refractivity contribution >= 4 is 23.6 Å². The Morgan fingerprint density at radius 3 is 2.61 bits per heavy atom. The van der Waals surface area contributed by atoms with Gasteiger partial charge in [0.1, 0.15) is 6.04 Å². The van der Waals surface area contributed by atoms with E-state index in [1.165, 1.54) is 18.9 Å². The van der Waals surface area contributed by atoms with Crippen LogP contribution in [-0.4, -0.2) is 42.6 Å². The molecular formula is C12H24N2O3S. The maximum absolute atomic E-state index is 11.5. The average molecular weight is 276 g/mol. The predicted octanol–water partition coefficient (Wildman–Crippen LogP) is 0.915. The van der Waals surface area contributed by atoms with Gasteiger partial charge in [-0.1, -0.05) is 13.3 Å². The molecule has 0 bridgehead atoms. The number of amides is 1. The largest absolute Gasteiger partial charge is 0.468 e. The van der Waals surface area contributed by atoms with Crippen molar-refractivity contribution in [2.75, 3.05) is 18.6 Å². The summed E-state index contributed by atoms with van der Waals surface area (Å²) in [5, 5.41) is 2.92. The fourth-order valence-corrected chi connectivity index (χ4v) is 2.30. The van der Waals surface area contributed by atoms with Gasteiger partial charge in [0.05, 0.1) is 12.9 Å². The monoisotopic (exact) mass is 276 g/mol. The highest BCUT2D eigenvalue weighted by atomic mass is 32.2. The zero-order valence-corrected chi connectivity index (χ0v) is 12.2. The number of nitrogens with two attached hydrogens (primary N) is 1. The van der Waals surface area contributed by atoms with Crippen LogP contribution in [-0.2, 0) is 14.3 Å². The van der Waals surface area contributed by atoms with E-state index in [0.29, 0.717) is 17.9 Å². The summed E-state index contributed by atoms with van der Waals surface area (Å²) < 4.78 is 4.52. The van der Waals surface area contributed by atoms with Crippen molar-refractivity contribution in [3.05, 3.63) is 0 Å². The van der Waals surface area contributed by atoms with Crippen LogP contribution in [0.25, 0.3) is 0 Å². The minimum atomic E-state index is -0.593. The summed E-state index contributed by atoms with van der Waals surface area (Å²) >= 11 is 1.48. The van der Waals surface area contributed by atoms with Crippen molar-refractivity contribution in [3.8, 4) is 0 Å². The summed E-state index contributed by atoms with van der Waals surface area (Å²) in [7, 11) is 1.32. The van der Waals surface area contributed by atoms with Gasteiger partial charge >= 0.3 is 5.97 Å². The molecule has 0 aliphatic rings. The molecule has 0 spiro atoms. The molecule has 1 amide bonds. The Hall–Kier alpha value is -0.750. The summed E-state index contributed by atoms with van der Waals surface area (Å²) in [5.41, 5.74) is 5.58. The van der Waals surface area contributed by atoms with Crippen LogP contribution in [0.3, 0.4) is 0 Å². The molecule has 0 rings (SSSR count). The van der Waals surface area contributed by atoms with Crippen molar-refractivity contribution in [1.82, 2.24) is 5.32 Å². The molecule has 2 atom stereocenters. The number of rotatable bonds is 9. The summed E-state index contributed by atoms with van der Waals surface area (Å²) in [6.45, 7) is 4.09. The van der Waals surface area contributed by atoms with Gasteiger partial charge in [-0.2, -0.15) is 11.8 Å². The lowest BCUT2D eigenvalue weighted by atomic mass is 10.2. The second kappa shape index (κ2) is 10.2. The first-order chi connectivity index (χ1) is 8.51. The van der Waals surface area contributed by atoms with Gasteiger partial charge in [-0.25, -0.2) is 0 Å². The first-order valence-electron chi connectivity index (χ1n) is 6.21. The molecule has 0 aromatic heterocycles. The number of thioether (sulfide) groups is 1. The predicted molar refractivity (Wildman–Crippen MR) is 74.4 cm³/mol. The van der Waals surface area contributed by atoms with E-state index >= 15 is 0 Å². The standard InChI is InChI=1S/C12H24N2O3S/c1-4-5-9(2)14-11(15)8-18-7-6-10(13)12(16)17-3/h9-10H,4-8,13H2,1-3H3,(H,14,15). The Morgan fingerprint density at radius 1 is 1.39 bits per heavy atom. The number of ether oxygens (including phenoxy) is 1. The Labute approximate surface area is 113 Å². The fourth-order valence-electron chi connectivity index (χ4n) is 1.47. The van der Waals surface area contributed by atoms with Crippen LogP contribution >= 0.6 is 11.8 Å². The zero-order chi connectivity index (χ0) is 14.0. The summed E-state index contributed by atoms with van der Waals surface area (Å²) in [6, 6.07) is -0.370. The van der Waals surface area contributed by atoms with Gasteiger partial charge in [-0.05, 0) is 25.5 Å². The van der Waals surface area contributed by atoms with Crippen LogP contribution < -0.4 is 11.1 Å². The highest BCUT2D eigenvalue weighted by molar-refractivity contribution is 7.99. The molecule has 0 saturated heterocycles. The van der Waals surface area contributed by atoms with Crippen LogP contribution in [0.5, 0.6) is 0 Å². The van der Waals surface area contributed by atoms with Crippen LogP contribution in [0.4, 0.5) is 0 Å². The Morgan fingerprint density at radius 2 is 2.06 bits per heavy atom. The Balaban J connectivity index is 3.60. The molecule has 0 fully saturated rings. The number of methoxy groups -OCH3 is 1. The second-order valence-corrected chi connectivity index (χ2v) is 5.33. The highest BCUT2D eigenvalue weighted by Crippen LogP contribution is 2.05. The van der Waals surface area contributed by atoms with Crippen molar-refractivity contribution in [2.45, 2.75) is 45.2 Å². The molecule has 6 heteroatoms. The lowest BCUT2D eigenvalue weighted by Gasteiger charge is -2.12. The van der Waals surface area contributed by atoms with Gasteiger partial charge in [-0.3, -0.25) is 9.59 Å². The van der Waals surface area contributed by atoms with Crippen molar-refractivity contribution in [1.29, 1.82) is 0 Å². The molecule has 106 valence electrons. The molecule has 0 radical (unpaired) electrons. The molecule has 0 aliphatic carbocycles. The smallest absolute Gasteiger partial charge is 0.322 e. The van der Waals surface area contributed by atoms with Crippen LogP contribution in [0.15, 0.2) is 0 Å². The first kappa shape index (κ1) is 17.2. The molecule has 3 N–H and O–H groups in total. The van der Waals surface area contributed by atoms with Crippen molar-refractivity contribution in [2.24, 2.45) is 5.73 Å². The maximum atomic E-state index is 11.5. The molecule has 18 heavy (non-hydrogen) atoms. The fraction of sp³-hybridized carbons (Fsp3) is 0.833. The molecule has 0 saturated carbocycles. The number of hydrogen-bond acceptors (Lipinski definition) is 5. The first-order valence-corrected chi connectivity index (χ1v) is 7.37. The number of hydrogen-bond donors (Lipinski definition) is 2. The lowest BCUT2D eigenvalue weighted by Crippen LogP contribution is -2.34. The Bertz CT molecular complexity index is 262. The van der Waals surface area contributed by atoms with Gasteiger partial charge in [0.15, 0.2) is 0 Å². The van der Waals surface area contributed by atoms with E-state index < -0.39 is 12.0 Å². The van der Waals surface area contributed by atoms with E-state index in [-0.39, 0.29) is 11.9 Å². The highest BCUT2D eigenvalue weighted by Gasteiger charge is 2.13. The SMILES string of the molecule is CCCC(C)NC(=O)CSCCC(N)C(=O)OC. The van der Waals surface area contributed by atoms with E-state index in [2.05, 4.69) is 17.0 Å². The van der Waals surface area contributed by atoms with Crippen LogP contribution in [0.2, 0.25) is 0 Å². The van der Waals surface area contributed by atoms with Gasteiger partial charge in [-0.15, -0.1) is 0 Å². The minimum absolute atomic E-state index is 0.0348. The Kier molecular flexibility index (Phi) is 9.77. The molecule has 0 heterocycles. The third kappa shape index (κ3) is 8.36. The molecule has 0 aromatic rings. The van der Waals surface area contributed by atoms with Gasteiger partial charge < -0.3 is 15.8 Å². The van der Waals surface area contributed by atoms with Gasteiger partial charge in [0, 0.05) is 6.04 Å². The number of carbonyl (C=O) groups excluding carboxylic acids is 2. The van der Waals surface area contributed by atoms with E-state index in [0.717, 1.165) is 12.8 Å². The van der Waals surface area contributed by atoms with E-state index in [1.54, 1.807) is 0 Å². The molecule has 2 unspecified atom stereocenters. The molecule has 0 aromatic carbocycles. The van der Waals surface area contributed by atoms with Gasteiger partial charge in [0.2, 0.25) is 5.91 Å². The summed E-state index contributed by atoms with van der Waals surface area (Å²) in [4.78, 5) is 22.5. The topological polar surface area (TPSA) is 81.4 Å². The minimum Gasteiger partial charge on any atom is -0.468 e. The van der Waals surface area contributed by atoms with Crippen molar-refractivity contribution in [3.63, 3.8) is 0 Å². The van der Waals surface area contributed by atoms with E-state index in [1.807, 2.05) is 6.92 Å². The molecular weight excluding hydrogens is 252 g/mol. The van der Waals surface area contributed by atoms with Crippen LogP contribution in [0.1, 0.15) is 33.1 Å². The quantitative estimate of drug-likeness (QED) is 0.483. The number of esters is 1. The van der Waals surface area contributed by atoms with E-state index in [4.69, 9.17) is 5.73 Å². The summed E-state index contributed by atoms with van der Waals surface area (Å²) in [6.07, 6.45) is 2.57.